The molecule has 2 heteroatoms. The van der Waals surface area contributed by atoms with Crippen molar-refractivity contribution in [3.05, 3.63) is 0 Å². The summed E-state index contributed by atoms with van der Waals surface area (Å²) in [5.74, 6) is 0.0676. The van der Waals surface area contributed by atoms with Crippen LogP contribution in [0.5, 0.6) is 0 Å². The van der Waals surface area contributed by atoms with E-state index in [1.54, 1.807) is 0 Å². The first-order valence-electron chi connectivity index (χ1n) is 11.8. The Kier molecular flexibility index (Phi) is 17.5. The molecule has 0 saturated carbocycles. The van der Waals surface area contributed by atoms with Crippen LogP contribution in [-0.4, -0.2) is 12.6 Å². The number of carbonyl (C=O) groups excluding carboxylic acids is 1. The van der Waals surface area contributed by atoms with Gasteiger partial charge in [0, 0.05) is 0 Å². The highest BCUT2D eigenvalue weighted by Gasteiger charge is 2.33. The molecule has 1 atom stereocenters. The minimum Gasteiger partial charge on any atom is -0.465 e. The van der Waals surface area contributed by atoms with Gasteiger partial charge in [0.2, 0.25) is 0 Å². The van der Waals surface area contributed by atoms with Crippen molar-refractivity contribution in [1.29, 1.82) is 0 Å². The van der Waals surface area contributed by atoms with Gasteiger partial charge in [-0.15, -0.1) is 0 Å². The number of hydrogen-bond donors (Lipinski definition) is 0. The van der Waals surface area contributed by atoms with E-state index in [-0.39, 0.29) is 11.4 Å². The molecule has 0 aliphatic carbocycles. The maximum Gasteiger partial charge on any atom is 0.311 e. The standard InChI is InChI=1S/C24H48O2/c1-5-8-11-14-15-18-21-24(4,20-17-13-10-7-3)23(25)26-22-19-16-12-9-6-2/h5-22H2,1-4H3. The predicted octanol–water partition coefficient (Wildman–Crippen LogP) is 8.23. The van der Waals surface area contributed by atoms with Crippen molar-refractivity contribution in [3.63, 3.8) is 0 Å². The van der Waals surface area contributed by atoms with Crippen molar-refractivity contribution in [2.24, 2.45) is 5.41 Å². The van der Waals surface area contributed by atoms with E-state index >= 15 is 0 Å². The lowest BCUT2D eigenvalue weighted by Gasteiger charge is -2.27. The summed E-state index contributed by atoms with van der Waals surface area (Å²) in [7, 11) is 0. The fourth-order valence-corrected chi connectivity index (χ4v) is 3.61. The summed E-state index contributed by atoms with van der Waals surface area (Å²) in [6.07, 6.45) is 20.7. The Labute approximate surface area is 164 Å². The van der Waals surface area contributed by atoms with E-state index in [2.05, 4.69) is 27.7 Å². The van der Waals surface area contributed by atoms with E-state index in [1.165, 1.54) is 83.5 Å². The lowest BCUT2D eigenvalue weighted by Crippen LogP contribution is -2.30. The van der Waals surface area contributed by atoms with Gasteiger partial charge < -0.3 is 4.74 Å². The average Bonchev–Trinajstić information content (AvgIpc) is 2.64. The van der Waals surface area contributed by atoms with E-state index in [4.69, 9.17) is 4.74 Å². The van der Waals surface area contributed by atoms with Gasteiger partial charge in [0.05, 0.1) is 12.0 Å². The molecule has 0 heterocycles. The highest BCUT2D eigenvalue weighted by Crippen LogP contribution is 2.33. The van der Waals surface area contributed by atoms with Gasteiger partial charge in [0.1, 0.15) is 0 Å². The van der Waals surface area contributed by atoms with Gasteiger partial charge >= 0.3 is 5.97 Å². The normalized spacial score (nSPS) is 13.5. The Balaban J connectivity index is 4.24. The number of ether oxygens (including phenoxy) is 1. The molecular weight excluding hydrogens is 320 g/mol. The molecule has 0 amide bonds. The number of esters is 1. The summed E-state index contributed by atoms with van der Waals surface area (Å²) in [4.78, 5) is 12.8. The van der Waals surface area contributed by atoms with Gasteiger partial charge in [-0.1, -0.05) is 111 Å². The predicted molar refractivity (Wildman–Crippen MR) is 115 cm³/mol. The highest BCUT2D eigenvalue weighted by molar-refractivity contribution is 5.76. The Morgan fingerprint density at radius 1 is 0.615 bits per heavy atom. The van der Waals surface area contributed by atoms with Crippen molar-refractivity contribution in [2.45, 2.75) is 137 Å². The summed E-state index contributed by atoms with van der Waals surface area (Å²) in [5.41, 5.74) is -0.262. The minimum atomic E-state index is -0.262. The van der Waals surface area contributed by atoms with Gasteiger partial charge in [0.15, 0.2) is 0 Å². The monoisotopic (exact) mass is 368 g/mol. The molecule has 0 radical (unpaired) electrons. The van der Waals surface area contributed by atoms with Gasteiger partial charge in [-0.3, -0.25) is 4.79 Å². The second kappa shape index (κ2) is 17.9. The summed E-state index contributed by atoms with van der Waals surface area (Å²) in [5, 5.41) is 0. The molecule has 0 aromatic carbocycles. The topological polar surface area (TPSA) is 26.3 Å². The molecule has 0 aromatic heterocycles. The van der Waals surface area contributed by atoms with Crippen LogP contribution in [0.15, 0.2) is 0 Å². The first kappa shape index (κ1) is 25.5. The zero-order chi connectivity index (χ0) is 19.5. The van der Waals surface area contributed by atoms with Crippen molar-refractivity contribution < 1.29 is 9.53 Å². The van der Waals surface area contributed by atoms with Crippen LogP contribution in [0.1, 0.15) is 137 Å². The second-order valence-corrected chi connectivity index (χ2v) is 8.44. The molecule has 0 aliphatic rings. The zero-order valence-electron chi connectivity index (χ0n) is 18.5. The molecule has 0 N–H and O–H groups in total. The zero-order valence-corrected chi connectivity index (χ0v) is 18.5. The van der Waals surface area contributed by atoms with Crippen molar-refractivity contribution in [1.82, 2.24) is 0 Å². The van der Waals surface area contributed by atoms with Crippen LogP contribution >= 0.6 is 0 Å². The second-order valence-electron chi connectivity index (χ2n) is 8.44. The van der Waals surface area contributed by atoms with Gasteiger partial charge in [-0.2, -0.15) is 0 Å². The third-order valence-corrected chi connectivity index (χ3v) is 5.64. The van der Waals surface area contributed by atoms with E-state index in [0.717, 1.165) is 25.7 Å². The molecule has 1 unspecified atom stereocenters. The number of hydrogen-bond acceptors (Lipinski definition) is 2. The largest absolute Gasteiger partial charge is 0.465 e. The Morgan fingerprint density at radius 3 is 1.50 bits per heavy atom. The maximum atomic E-state index is 12.8. The molecule has 156 valence electrons. The van der Waals surface area contributed by atoms with Crippen LogP contribution < -0.4 is 0 Å². The van der Waals surface area contributed by atoms with E-state index in [9.17, 15) is 4.79 Å². The Morgan fingerprint density at radius 2 is 1.00 bits per heavy atom. The smallest absolute Gasteiger partial charge is 0.311 e. The summed E-state index contributed by atoms with van der Waals surface area (Å²) in [6.45, 7) is 9.49. The summed E-state index contributed by atoms with van der Waals surface area (Å²) < 4.78 is 5.70. The van der Waals surface area contributed by atoms with Crippen LogP contribution in [0.4, 0.5) is 0 Å². The first-order chi connectivity index (χ1) is 12.6. The molecule has 0 bridgehead atoms. The molecule has 0 fully saturated rings. The molecule has 0 aromatic rings. The Hall–Kier alpha value is -0.530. The molecule has 0 spiro atoms. The third kappa shape index (κ3) is 13.6. The molecule has 0 rings (SSSR count). The van der Waals surface area contributed by atoms with E-state index < -0.39 is 0 Å². The van der Waals surface area contributed by atoms with Crippen molar-refractivity contribution >= 4 is 5.97 Å². The summed E-state index contributed by atoms with van der Waals surface area (Å²) in [6, 6.07) is 0. The molecule has 0 aliphatic heterocycles. The van der Waals surface area contributed by atoms with Crippen molar-refractivity contribution in [2.75, 3.05) is 6.61 Å². The third-order valence-electron chi connectivity index (χ3n) is 5.64. The summed E-state index contributed by atoms with van der Waals surface area (Å²) >= 11 is 0. The van der Waals surface area contributed by atoms with Crippen LogP contribution in [0.25, 0.3) is 0 Å². The van der Waals surface area contributed by atoms with Gasteiger partial charge in [0.25, 0.3) is 0 Å². The maximum absolute atomic E-state index is 12.8. The molecule has 26 heavy (non-hydrogen) atoms. The van der Waals surface area contributed by atoms with Gasteiger partial charge in [-0.25, -0.2) is 0 Å². The van der Waals surface area contributed by atoms with Gasteiger partial charge in [-0.05, 0) is 26.2 Å². The lowest BCUT2D eigenvalue weighted by atomic mass is 9.79. The molecular formula is C24H48O2. The fraction of sp³-hybridized carbons (Fsp3) is 0.958. The van der Waals surface area contributed by atoms with E-state index in [1.807, 2.05) is 0 Å². The van der Waals surface area contributed by atoms with Crippen LogP contribution in [-0.2, 0) is 9.53 Å². The number of carbonyl (C=O) groups is 1. The van der Waals surface area contributed by atoms with Crippen LogP contribution in [0.2, 0.25) is 0 Å². The quantitative estimate of drug-likeness (QED) is 0.169. The van der Waals surface area contributed by atoms with Crippen molar-refractivity contribution in [3.8, 4) is 0 Å². The Bertz CT molecular complexity index is 313. The van der Waals surface area contributed by atoms with Crippen LogP contribution in [0.3, 0.4) is 0 Å². The number of unbranched alkanes of at least 4 members (excludes halogenated alkanes) is 12. The van der Waals surface area contributed by atoms with Crippen LogP contribution in [0, 0.1) is 5.41 Å². The van der Waals surface area contributed by atoms with E-state index in [0.29, 0.717) is 6.61 Å². The lowest BCUT2D eigenvalue weighted by molar-refractivity contribution is -0.156. The fourth-order valence-electron chi connectivity index (χ4n) is 3.61. The minimum absolute atomic E-state index is 0.0676. The first-order valence-corrected chi connectivity index (χ1v) is 11.8. The average molecular weight is 369 g/mol. The highest BCUT2D eigenvalue weighted by atomic mass is 16.5. The molecule has 0 saturated heterocycles. The number of rotatable bonds is 19. The molecule has 2 nitrogen and oxygen atoms in total. The SMILES string of the molecule is CCCCCCCCC(C)(CCCCCC)C(=O)OCCCCCCC.